The molecule has 4 heteroatoms. The fourth-order valence-corrected chi connectivity index (χ4v) is 1.10. The van der Waals surface area contributed by atoms with Crippen LogP contribution in [0.1, 0.15) is 19.8 Å². The highest BCUT2D eigenvalue weighted by Gasteiger charge is 2.28. The molecule has 0 aliphatic heterocycles. The second-order valence-corrected chi connectivity index (χ2v) is 3.66. The Balaban J connectivity index is 3.64. The molecule has 0 spiro atoms. The van der Waals surface area contributed by atoms with E-state index >= 15 is 0 Å². The Bertz CT molecular complexity index is 134. The van der Waals surface area contributed by atoms with Crippen LogP contribution in [0, 0.1) is 0 Å². The molecule has 0 aromatic heterocycles. The number of carbonyl (C=O) groups is 1. The van der Waals surface area contributed by atoms with Gasteiger partial charge in [-0.25, -0.2) is 4.79 Å². The number of aliphatic hydroxyl groups is 1. The van der Waals surface area contributed by atoms with Crippen LogP contribution in [0.3, 0.4) is 0 Å². The van der Waals surface area contributed by atoms with Crippen molar-refractivity contribution < 1.29 is 15.0 Å². The summed E-state index contributed by atoms with van der Waals surface area (Å²) in [6.07, 6.45) is 3.01. The Hall–Kier alpha value is -0.220. The standard InChI is InChI=1S/C7H14O3S/c1-7(10,6(8)9)4-3-5-11-2/h10H,3-5H2,1-2H3,(H,8,9). The van der Waals surface area contributed by atoms with Crippen molar-refractivity contribution in [3.8, 4) is 0 Å². The largest absolute Gasteiger partial charge is 0.479 e. The molecule has 66 valence electrons. The van der Waals surface area contributed by atoms with E-state index in [1.165, 1.54) is 6.92 Å². The number of carboxylic acids is 1. The van der Waals surface area contributed by atoms with Gasteiger partial charge in [-0.15, -0.1) is 0 Å². The first-order valence-electron chi connectivity index (χ1n) is 3.45. The van der Waals surface area contributed by atoms with Crippen molar-refractivity contribution in [3.63, 3.8) is 0 Å². The highest BCUT2D eigenvalue weighted by Crippen LogP contribution is 2.13. The summed E-state index contributed by atoms with van der Waals surface area (Å²) in [4.78, 5) is 10.4. The first kappa shape index (κ1) is 10.8. The van der Waals surface area contributed by atoms with E-state index in [2.05, 4.69) is 0 Å². The van der Waals surface area contributed by atoms with Crippen LogP contribution in [0.15, 0.2) is 0 Å². The monoisotopic (exact) mass is 178 g/mol. The van der Waals surface area contributed by atoms with Crippen LogP contribution < -0.4 is 0 Å². The quantitative estimate of drug-likeness (QED) is 0.616. The molecule has 0 aromatic carbocycles. The molecular formula is C7H14O3S. The van der Waals surface area contributed by atoms with Crippen molar-refractivity contribution >= 4 is 17.7 Å². The molecule has 0 aliphatic rings. The summed E-state index contributed by atoms with van der Waals surface area (Å²) in [6, 6.07) is 0. The maximum atomic E-state index is 10.4. The lowest BCUT2D eigenvalue weighted by molar-refractivity contribution is -0.157. The van der Waals surface area contributed by atoms with Gasteiger partial charge in [0.25, 0.3) is 0 Å². The minimum absolute atomic E-state index is 0.323. The van der Waals surface area contributed by atoms with E-state index in [0.717, 1.165) is 12.2 Å². The lowest BCUT2D eigenvalue weighted by atomic mass is 10.0. The molecule has 0 rings (SSSR count). The molecule has 0 heterocycles. The van der Waals surface area contributed by atoms with Gasteiger partial charge in [0, 0.05) is 0 Å². The lowest BCUT2D eigenvalue weighted by Crippen LogP contribution is -2.34. The summed E-state index contributed by atoms with van der Waals surface area (Å²) in [5.74, 6) is -0.248. The molecule has 1 atom stereocenters. The van der Waals surface area contributed by atoms with E-state index in [-0.39, 0.29) is 0 Å². The van der Waals surface area contributed by atoms with Crippen LogP contribution in [0.25, 0.3) is 0 Å². The Labute approximate surface area is 70.8 Å². The molecule has 0 radical (unpaired) electrons. The Morgan fingerprint density at radius 1 is 1.64 bits per heavy atom. The summed E-state index contributed by atoms with van der Waals surface area (Å²) >= 11 is 1.65. The van der Waals surface area contributed by atoms with Gasteiger partial charge in [0.1, 0.15) is 0 Å². The van der Waals surface area contributed by atoms with E-state index < -0.39 is 11.6 Å². The maximum absolute atomic E-state index is 10.4. The molecule has 0 aromatic rings. The summed E-state index contributed by atoms with van der Waals surface area (Å²) in [6.45, 7) is 1.33. The van der Waals surface area contributed by atoms with E-state index in [4.69, 9.17) is 5.11 Å². The van der Waals surface area contributed by atoms with E-state index in [0.29, 0.717) is 6.42 Å². The van der Waals surface area contributed by atoms with Crippen molar-refractivity contribution in [2.75, 3.05) is 12.0 Å². The third kappa shape index (κ3) is 4.27. The molecule has 1 unspecified atom stereocenters. The third-order valence-electron chi connectivity index (χ3n) is 1.47. The summed E-state index contributed by atoms with van der Waals surface area (Å²) in [5.41, 5.74) is -1.55. The van der Waals surface area contributed by atoms with Crippen LogP contribution in [-0.2, 0) is 4.79 Å². The lowest BCUT2D eigenvalue weighted by Gasteiger charge is -2.16. The number of thioether (sulfide) groups is 1. The van der Waals surface area contributed by atoms with Gasteiger partial charge >= 0.3 is 5.97 Å². The number of carboxylic acid groups (broad SMARTS) is 1. The van der Waals surface area contributed by atoms with Crippen LogP contribution in [0.2, 0.25) is 0 Å². The maximum Gasteiger partial charge on any atom is 0.335 e. The van der Waals surface area contributed by atoms with Gasteiger partial charge in [0.2, 0.25) is 0 Å². The SMILES string of the molecule is CSCCCC(C)(O)C(=O)O. The van der Waals surface area contributed by atoms with Crippen LogP contribution in [0.5, 0.6) is 0 Å². The Morgan fingerprint density at radius 3 is 2.55 bits per heavy atom. The van der Waals surface area contributed by atoms with Crippen molar-refractivity contribution in [2.24, 2.45) is 0 Å². The zero-order chi connectivity index (χ0) is 8.91. The molecule has 0 saturated heterocycles. The summed E-state index contributed by atoms with van der Waals surface area (Å²) < 4.78 is 0. The second-order valence-electron chi connectivity index (χ2n) is 2.68. The molecular weight excluding hydrogens is 164 g/mol. The molecule has 2 N–H and O–H groups in total. The van der Waals surface area contributed by atoms with Crippen LogP contribution in [-0.4, -0.2) is 33.8 Å². The minimum atomic E-state index is -1.55. The molecule has 0 bridgehead atoms. The number of aliphatic carboxylic acids is 1. The average Bonchev–Trinajstić information content (AvgIpc) is 1.88. The fraction of sp³-hybridized carbons (Fsp3) is 0.857. The fourth-order valence-electron chi connectivity index (χ4n) is 0.668. The number of hydrogen-bond donors (Lipinski definition) is 2. The third-order valence-corrected chi connectivity index (χ3v) is 2.17. The van der Waals surface area contributed by atoms with E-state index in [9.17, 15) is 9.90 Å². The number of rotatable bonds is 5. The smallest absolute Gasteiger partial charge is 0.335 e. The van der Waals surface area contributed by atoms with Gasteiger partial charge in [-0.3, -0.25) is 0 Å². The van der Waals surface area contributed by atoms with Gasteiger partial charge < -0.3 is 10.2 Å². The van der Waals surface area contributed by atoms with Gasteiger partial charge in [-0.2, -0.15) is 11.8 Å². The predicted octanol–water partition coefficient (Wildman–Crippen LogP) is 0.965. The average molecular weight is 178 g/mol. The Kier molecular flexibility index (Phi) is 4.52. The molecule has 0 fully saturated rings. The molecule has 0 saturated carbocycles. The van der Waals surface area contributed by atoms with Crippen molar-refractivity contribution in [2.45, 2.75) is 25.4 Å². The number of hydrogen-bond acceptors (Lipinski definition) is 3. The van der Waals surface area contributed by atoms with E-state index in [1.807, 2.05) is 6.26 Å². The van der Waals surface area contributed by atoms with Crippen LogP contribution in [0.4, 0.5) is 0 Å². The Morgan fingerprint density at radius 2 is 2.18 bits per heavy atom. The summed E-state index contributed by atoms with van der Waals surface area (Å²) in [5, 5.41) is 17.7. The summed E-state index contributed by atoms with van der Waals surface area (Å²) in [7, 11) is 0. The van der Waals surface area contributed by atoms with Crippen molar-refractivity contribution in [3.05, 3.63) is 0 Å². The second kappa shape index (κ2) is 4.62. The van der Waals surface area contributed by atoms with Gasteiger partial charge in [-0.1, -0.05) is 0 Å². The van der Waals surface area contributed by atoms with Crippen molar-refractivity contribution in [1.29, 1.82) is 0 Å². The first-order chi connectivity index (χ1) is 5.00. The highest BCUT2D eigenvalue weighted by atomic mass is 32.2. The zero-order valence-corrected chi connectivity index (χ0v) is 7.65. The van der Waals surface area contributed by atoms with E-state index in [1.54, 1.807) is 11.8 Å². The van der Waals surface area contributed by atoms with Gasteiger partial charge in [-0.05, 0) is 31.8 Å². The normalized spacial score (nSPS) is 15.9. The van der Waals surface area contributed by atoms with Gasteiger partial charge in [0.05, 0.1) is 0 Å². The zero-order valence-electron chi connectivity index (χ0n) is 6.83. The highest BCUT2D eigenvalue weighted by molar-refractivity contribution is 7.98. The first-order valence-corrected chi connectivity index (χ1v) is 4.85. The topological polar surface area (TPSA) is 57.5 Å². The van der Waals surface area contributed by atoms with Crippen LogP contribution >= 0.6 is 11.8 Å². The molecule has 11 heavy (non-hydrogen) atoms. The molecule has 0 aliphatic carbocycles. The molecule has 3 nitrogen and oxygen atoms in total. The van der Waals surface area contributed by atoms with Gasteiger partial charge in [0.15, 0.2) is 5.60 Å². The minimum Gasteiger partial charge on any atom is -0.479 e. The molecule has 0 amide bonds. The predicted molar refractivity (Wildman–Crippen MR) is 45.9 cm³/mol. The van der Waals surface area contributed by atoms with Crippen molar-refractivity contribution in [1.82, 2.24) is 0 Å².